The van der Waals surface area contributed by atoms with Crippen molar-refractivity contribution in [2.24, 2.45) is 0 Å². The summed E-state index contributed by atoms with van der Waals surface area (Å²) >= 11 is 1.22. The van der Waals surface area contributed by atoms with Gasteiger partial charge < -0.3 is 9.64 Å². The molecule has 0 bridgehead atoms. The van der Waals surface area contributed by atoms with E-state index in [1.165, 1.54) is 40.5 Å². The highest BCUT2D eigenvalue weighted by Gasteiger charge is 2.18. The van der Waals surface area contributed by atoms with Crippen molar-refractivity contribution in [2.45, 2.75) is 6.42 Å². The molecule has 23 heavy (non-hydrogen) atoms. The first-order valence-electron chi connectivity index (χ1n) is 6.75. The summed E-state index contributed by atoms with van der Waals surface area (Å²) in [4.78, 5) is 25.7. The lowest BCUT2D eigenvalue weighted by atomic mass is 10.2. The predicted octanol–water partition coefficient (Wildman–Crippen LogP) is 2.99. The number of hydrogen-bond acceptors (Lipinski definition) is 5. The van der Waals surface area contributed by atoms with Crippen LogP contribution in [0.5, 0.6) is 0 Å². The number of nitrogens with zero attached hydrogens (tertiary/aromatic N) is 2. The standard InChI is InChI=1S/C16H13FN2O3S/c17-12-4-6-13(7-5-12)19(9-2-8-18)15(20)11-22-16(21)14-3-1-10-23-14/h1,3-7,10H,2,9,11H2. The van der Waals surface area contributed by atoms with Crippen LogP contribution in [-0.2, 0) is 9.53 Å². The first-order chi connectivity index (χ1) is 11.1. The summed E-state index contributed by atoms with van der Waals surface area (Å²) in [5.41, 5.74) is 0.443. The highest BCUT2D eigenvalue weighted by molar-refractivity contribution is 7.11. The van der Waals surface area contributed by atoms with Crippen LogP contribution in [0.25, 0.3) is 0 Å². The van der Waals surface area contributed by atoms with Crippen LogP contribution in [0.3, 0.4) is 0 Å². The molecule has 0 unspecified atom stereocenters. The average Bonchev–Trinajstić information content (AvgIpc) is 3.09. The molecule has 0 radical (unpaired) electrons. The molecule has 0 aliphatic heterocycles. The van der Waals surface area contributed by atoms with Gasteiger partial charge in [0.25, 0.3) is 5.91 Å². The Balaban J connectivity index is 2.03. The van der Waals surface area contributed by atoms with E-state index in [-0.39, 0.29) is 13.0 Å². The topological polar surface area (TPSA) is 70.4 Å². The van der Waals surface area contributed by atoms with Crippen LogP contribution in [0.15, 0.2) is 41.8 Å². The molecule has 118 valence electrons. The molecule has 0 aliphatic carbocycles. The normalized spacial score (nSPS) is 9.91. The highest BCUT2D eigenvalue weighted by Crippen LogP contribution is 2.16. The molecular weight excluding hydrogens is 319 g/mol. The number of halogens is 1. The van der Waals surface area contributed by atoms with Gasteiger partial charge >= 0.3 is 5.97 Å². The molecule has 1 amide bonds. The van der Waals surface area contributed by atoms with Gasteiger partial charge in [0.1, 0.15) is 10.7 Å². The second-order valence-corrected chi connectivity index (χ2v) is 5.43. The summed E-state index contributed by atoms with van der Waals surface area (Å²) in [6, 6.07) is 10.6. The van der Waals surface area contributed by atoms with Gasteiger partial charge in [-0.2, -0.15) is 5.26 Å². The fourth-order valence-corrected chi connectivity index (χ4v) is 2.47. The number of rotatable bonds is 6. The molecule has 0 saturated heterocycles. The third kappa shape index (κ3) is 4.63. The van der Waals surface area contributed by atoms with Crippen LogP contribution in [0, 0.1) is 17.1 Å². The van der Waals surface area contributed by atoms with Gasteiger partial charge in [0.15, 0.2) is 6.61 Å². The van der Waals surface area contributed by atoms with Crippen LogP contribution in [0.4, 0.5) is 10.1 Å². The van der Waals surface area contributed by atoms with Crippen LogP contribution < -0.4 is 4.90 Å². The van der Waals surface area contributed by atoms with Crippen LogP contribution in [-0.4, -0.2) is 25.0 Å². The van der Waals surface area contributed by atoms with Crippen molar-refractivity contribution < 1.29 is 18.7 Å². The molecule has 0 spiro atoms. The number of hydrogen-bond donors (Lipinski definition) is 0. The van der Waals surface area contributed by atoms with Crippen molar-refractivity contribution in [3.8, 4) is 6.07 Å². The van der Waals surface area contributed by atoms with E-state index in [1.807, 2.05) is 6.07 Å². The zero-order valence-electron chi connectivity index (χ0n) is 12.1. The van der Waals surface area contributed by atoms with Crippen molar-refractivity contribution in [1.82, 2.24) is 0 Å². The minimum absolute atomic E-state index is 0.113. The van der Waals surface area contributed by atoms with Gasteiger partial charge in [-0.1, -0.05) is 6.07 Å². The molecule has 1 heterocycles. The third-order valence-corrected chi connectivity index (χ3v) is 3.79. The second-order valence-electron chi connectivity index (χ2n) is 4.48. The van der Waals surface area contributed by atoms with E-state index >= 15 is 0 Å². The molecule has 1 aromatic carbocycles. The van der Waals surface area contributed by atoms with Crippen molar-refractivity contribution in [2.75, 3.05) is 18.1 Å². The molecule has 5 nitrogen and oxygen atoms in total. The summed E-state index contributed by atoms with van der Waals surface area (Å²) in [6.07, 6.45) is 0.113. The molecule has 2 aromatic rings. The van der Waals surface area contributed by atoms with E-state index in [0.717, 1.165) is 0 Å². The largest absolute Gasteiger partial charge is 0.451 e. The van der Waals surface area contributed by atoms with Gasteiger partial charge in [0.2, 0.25) is 0 Å². The van der Waals surface area contributed by atoms with Gasteiger partial charge in [-0.05, 0) is 35.7 Å². The van der Waals surface area contributed by atoms with E-state index < -0.39 is 24.3 Å². The summed E-state index contributed by atoms with van der Waals surface area (Å²) < 4.78 is 18.0. The first-order valence-corrected chi connectivity index (χ1v) is 7.63. The van der Waals surface area contributed by atoms with Crippen LogP contribution in [0.2, 0.25) is 0 Å². The van der Waals surface area contributed by atoms with Crippen molar-refractivity contribution >= 4 is 28.9 Å². The molecule has 0 fully saturated rings. The SMILES string of the molecule is N#CCCN(C(=O)COC(=O)c1cccs1)c1ccc(F)cc1. The van der Waals surface area contributed by atoms with Gasteiger partial charge in [-0.15, -0.1) is 11.3 Å². The third-order valence-electron chi connectivity index (χ3n) is 2.94. The molecule has 2 rings (SSSR count). The summed E-state index contributed by atoms with van der Waals surface area (Å²) in [7, 11) is 0. The molecule has 7 heteroatoms. The maximum absolute atomic E-state index is 13.0. The first kappa shape index (κ1) is 16.6. The maximum Gasteiger partial charge on any atom is 0.348 e. The van der Waals surface area contributed by atoms with Crippen LogP contribution in [0.1, 0.15) is 16.1 Å². The minimum atomic E-state index is -0.576. The molecule has 0 saturated carbocycles. The molecule has 0 aliphatic rings. The van der Waals surface area contributed by atoms with E-state index in [9.17, 15) is 14.0 Å². The molecule has 1 aromatic heterocycles. The average molecular weight is 332 g/mol. The Hall–Kier alpha value is -2.72. The number of carbonyl (C=O) groups is 2. The number of amides is 1. The Labute approximate surface area is 136 Å². The minimum Gasteiger partial charge on any atom is -0.451 e. The summed E-state index contributed by atoms with van der Waals surface area (Å²) in [6.45, 7) is -0.308. The fraction of sp³-hybridized carbons (Fsp3) is 0.188. The lowest BCUT2D eigenvalue weighted by Gasteiger charge is -2.21. The van der Waals surface area contributed by atoms with E-state index in [4.69, 9.17) is 10.00 Å². The number of nitriles is 1. The van der Waals surface area contributed by atoms with Crippen LogP contribution >= 0.6 is 11.3 Å². The molecule has 0 atom stereocenters. The zero-order chi connectivity index (χ0) is 16.7. The Morgan fingerprint density at radius 1 is 1.26 bits per heavy atom. The van der Waals surface area contributed by atoms with Crippen molar-refractivity contribution in [1.29, 1.82) is 5.26 Å². The van der Waals surface area contributed by atoms with Crippen molar-refractivity contribution in [3.05, 3.63) is 52.5 Å². The van der Waals surface area contributed by atoms with Gasteiger partial charge in [0, 0.05) is 12.2 Å². The molecular formula is C16H13FN2O3S. The quantitative estimate of drug-likeness (QED) is 0.763. The van der Waals surface area contributed by atoms with Gasteiger partial charge in [-0.25, -0.2) is 9.18 Å². The Morgan fingerprint density at radius 3 is 2.61 bits per heavy atom. The van der Waals surface area contributed by atoms with Gasteiger partial charge in [0.05, 0.1) is 12.5 Å². The van der Waals surface area contributed by atoms with Gasteiger partial charge in [-0.3, -0.25) is 4.79 Å². The predicted molar refractivity (Wildman–Crippen MR) is 83.6 cm³/mol. The summed E-state index contributed by atoms with van der Waals surface area (Å²) in [5, 5.41) is 10.4. The Kier molecular flexibility index (Phi) is 5.83. The number of carbonyl (C=O) groups excluding carboxylic acids is 2. The Bertz CT molecular complexity index is 708. The Morgan fingerprint density at radius 2 is 2.00 bits per heavy atom. The van der Waals surface area contributed by atoms with E-state index in [0.29, 0.717) is 10.6 Å². The number of benzene rings is 1. The van der Waals surface area contributed by atoms with E-state index in [2.05, 4.69) is 0 Å². The van der Waals surface area contributed by atoms with E-state index in [1.54, 1.807) is 17.5 Å². The lowest BCUT2D eigenvalue weighted by Crippen LogP contribution is -2.35. The maximum atomic E-state index is 13.0. The molecule has 0 N–H and O–H groups in total. The fourth-order valence-electron chi connectivity index (χ4n) is 1.85. The zero-order valence-corrected chi connectivity index (χ0v) is 12.9. The second kappa shape index (κ2) is 8.06. The number of esters is 1. The number of thiophene rings is 1. The number of ether oxygens (including phenoxy) is 1. The lowest BCUT2D eigenvalue weighted by molar-refractivity contribution is -0.121. The number of anilines is 1. The van der Waals surface area contributed by atoms with Crippen molar-refractivity contribution in [3.63, 3.8) is 0 Å². The summed E-state index contributed by atoms with van der Waals surface area (Å²) in [5.74, 6) is -1.48. The highest BCUT2D eigenvalue weighted by atomic mass is 32.1. The monoisotopic (exact) mass is 332 g/mol. The smallest absolute Gasteiger partial charge is 0.348 e.